The number of hydrogen-bond acceptors (Lipinski definition) is 6. The number of ether oxygens (including phenoxy) is 2. The molecule has 9 heteroatoms. The number of benzene rings is 2. The molecule has 2 heterocycles. The van der Waals surface area contributed by atoms with Crippen LogP contribution in [0.3, 0.4) is 0 Å². The van der Waals surface area contributed by atoms with Gasteiger partial charge in [-0.05, 0) is 44.2 Å². The monoisotopic (exact) mass is 459 g/mol. The van der Waals surface area contributed by atoms with Gasteiger partial charge in [0.1, 0.15) is 22.0 Å². The molecule has 1 atom stereocenters. The van der Waals surface area contributed by atoms with Gasteiger partial charge in [-0.2, -0.15) is 0 Å². The van der Waals surface area contributed by atoms with Crippen molar-refractivity contribution in [2.24, 2.45) is 0 Å². The number of fused-ring (bicyclic) bond motifs is 1. The number of hydrogen-bond donors (Lipinski definition) is 2. The van der Waals surface area contributed by atoms with Gasteiger partial charge in [0.2, 0.25) is 15.9 Å². The minimum absolute atomic E-state index is 0.0207. The number of sulfonamides is 1. The first kappa shape index (κ1) is 22.6. The van der Waals surface area contributed by atoms with Crippen LogP contribution in [0.15, 0.2) is 47.4 Å². The Morgan fingerprint density at radius 1 is 1.19 bits per heavy atom. The summed E-state index contributed by atoms with van der Waals surface area (Å²) in [5.74, 6) is 0.643. The zero-order valence-corrected chi connectivity index (χ0v) is 19.4. The number of amides is 1. The van der Waals surface area contributed by atoms with Crippen LogP contribution in [0.4, 0.5) is 5.69 Å². The number of rotatable bonds is 5. The fourth-order valence-electron chi connectivity index (χ4n) is 4.47. The van der Waals surface area contributed by atoms with Crippen LogP contribution in [0.2, 0.25) is 0 Å². The summed E-state index contributed by atoms with van der Waals surface area (Å²) in [4.78, 5) is 13.7. The van der Waals surface area contributed by atoms with Crippen molar-refractivity contribution in [3.05, 3.63) is 48.0 Å². The normalized spacial score (nSPS) is 20.3. The third kappa shape index (κ3) is 4.60. The lowest BCUT2D eigenvalue weighted by atomic mass is 9.81. The van der Waals surface area contributed by atoms with E-state index < -0.39 is 21.7 Å². The first-order valence-corrected chi connectivity index (χ1v) is 12.1. The zero-order valence-electron chi connectivity index (χ0n) is 18.6. The Labute approximate surface area is 189 Å². The maximum absolute atomic E-state index is 13.5. The number of methoxy groups -OCH3 is 1. The molecule has 4 rings (SSSR count). The number of carbonyl (C=O) groups is 1. The van der Waals surface area contributed by atoms with Gasteiger partial charge in [0.25, 0.3) is 0 Å². The summed E-state index contributed by atoms with van der Waals surface area (Å²) in [6.07, 6.45) is 2.21. The molecule has 1 spiro atoms. The molecule has 8 nitrogen and oxygen atoms in total. The molecule has 2 aromatic rings. The molecule has 2 N–H and O–H groups in total. The van der Waals surface area contributed by atoms with E-state index in [1.165, 1.54) is 26.2 Å². The van der Waals surface area contributed by atoms with Crippen LogP contribution in [-0.2, 0) is 14.8 Å². The smallest absolute Gasteiger partial charge is 0.244 e. The first-order chi connectivity index (χ1) is 15.2. The topological polar surface area (TPSA) is 97.0 Å². The lowest BCUT2D eigenvalue weighted by molar-refractivity contribution is -0.114. The van der Waals surface area contributed by atoms with Gasteiger partial charge in [0.15, 0.2) is 0 Å². The van der Waals surface area contributed by atoms with Crippen molar-refractivity contribution in [1.29, 1.82) is 0 Å². The van der Waals surface area contributed by atoms with Crippen LogP contribution >= 0.6 is 0 Å². The molecule has 1 amide bonds. The fraction of sp³-hybridized carbons (Fsp3) is 0.435. The Balaban J connectivity index is 1.68. The van der Waals surface area contributed by atoms with Crippen LogP contribution in [0.5, 0.6) is 11.5 Å². The fourth-order valence-corrected chi connectivity index (χ4v) is 5.88. The standard InChI is InChI=1S/C23H29N3O5S/c1-16(27)24-17-8-9-21(30-3)22(14-17)32(28,29)25-19-15-23(10-12-26(2)13-11-23)31-20-7-5-4-6-18(19)20/h4-9,14,19,25H,10-13,15H2,1-3H3,(H,24,27). The molecule has 1 saturated heterocycles. The van der Waals surface area contributed by atoms with Gasteiger partial charge >= 0.3 is 0 Å². The largest absolute Gasteiger partial charge is 0.495 e. The van der Waals surface area contributed by atoms with Crippen molar-refractivity contribution >= 4 is 21.6 Å². The number of nitrogens with zero attached hydrogens (tertiary/aromatic N) is 1. The molecule has 1 fully saturated rings. The minimum Gasteiger partial charge on any atom is -0.495 e. The molecular formula is C23H29N3O5S. The Hall–Kier alpha value is -2.62. The number of piperidine rings is 1. The second-order valence-electron chi connectivity index (χ2n) is 8.55. The molecule has 0 aromatic heterocycles. The Bertz CT molecular complexity index is 1110. The van der Waals surface area contributed by atoms with Crippen LogP contribution in [0, 0.1) is 0 Å². The number of para-hydroxylation sites is 1. The summed E-state index contributed by atoms with van der Waals surface area (Å²) >= 11 is 0. The van der Waals surface area contributed by atoms with Gasteiger partial charge < -0.3 is 19.7 Å². The lowest BCUT2D eigenvalue weighted by Gasteiger charge is -2.46. The summed E-state index contributed by atoms with van der Waals surface area (Å²) in [5.41, 5.74) is 0.798. The van der Waals surface area contributed by atoms with Crippen molar-refractivity contribution in [2.75, 3.05) is 32.6 Å². The number of anilines is 1. The zero-order chi connectivity index (χ0) is 22.9. The van der Waals surface area contributed by atoms with Crippen molar-refractivity contribution < 1.29 is 22.7 Å². The Morgan fingerprint density at radius 2 is 1.91 bits per heavy atom. The quantitative estimate of drug-likeness (QED) is 0.714. The molecule has 2 aromatic carbocycles. The van der Waals surface area contributed by atoms with E-state index in [0.29, 0.717) is 12.1 Å². The predicted octanol–water partition coefficient (Wildman–Crippen LogP) is 2.92. The third-order valence-corrected chi connectivity index (χ3v) is 7.66. The number of nitrogens with one attached hydrogen (secondary N) is 2. The molecule has 1 unspecified atom stereocenters. The van der Waals surface area contributed by atoms with E-state index in [1.807, 2.05) is 24.3 Å². The first-order valence-electron chi connectivity index (χ1n) is 10.7. The van der Waals surface area contributed by atoms with Crippen LogP contribution in [0.25, 0.3) is 0 Å². The molecule has 0 bridgehead atoms. The number of likely N-dealkylation sites (tertiary alicyclic amines) is 1. The van der Waals surface area contributed by atoms with Gasteiger partial charge in [-0.25, -0.2) is 13.1 Å². The molecule has 172 valence electrons. The van der Waals surface area contributed by atoms with Crippen LogP contribution < -0.4 is 19.5 Å². The SMILES string of the molecule is COc1ccc(NC(C)=O)cc1S(=O)(=O)NC1CC2(CCN(C)CC2)Oc2ccccc21. The minimum atomic E-state index is -3.96. The summed E-state index contributed by atoms with van der Waals surface area (Å²) in [7, 11) is -0.460. The van der Waals surface area contributed by atoms with E-state index in [-0.39, 0.29) is 16.6 Å². The summed E-state index contributed by atoms with van der Waals surface area (Å²) in [6, 6.07) is 11.7. The highest BCUT2D eigenvalue weighted by Gasteiger charge is 2.44. The molecule has 32 heavy (non-hydrogen) atoms. The van der Waals surface area contributed by atoms with Gasteiger partial charge in [0.05, 0.1) is 13.2 Å². The highest BCUT2D eigenvalue weighted by atomic mass is 32.2. The van der Waals surface area contributed by atoms with Gasteiger partial charge in [-0.15, -0.1) is 0 Å². The van der Waals surface area contributed by atoms with E-state index in [2.05, 4.69) is 22.0 Å². The lowest BCUT2D eigenvalue weighted by Crippen LogP contribution is -2.51. The van der Waals surface area contributed by atoms with E-state index in [9.17, 15) is 13.2 Å². The van der Waals surface area contributed by atoms with E-state index in [4.69, 9.17) is 9.47 Å². The molecule has 2 aliphatic rings. The molecule has 0 aliphatic carbocycles. The van der Waals surface area contributed by atoms with Crippen molar-refractivity contribution in [1.82, 2.24) is 9.62 Å². The van der Waals surface area contributed by atoms with Crippen LogP contribution in [0.1, 0.15) is 37.8 Å². The summed E-state index contributed by atoms with van der Waals surface area (Å²) < 4.78 is 41.6. The summed E-state index contributed by atoms with van der Waals surface area (Å²) in [5, 5.41) is 2.63. The molecule has 2 aliphatic heterocycles. The maximum atomic E-state index is 13.5. The van der Waals surface area contributed by atoms with Crippen molar-refractivity contribution in [3.63, 3.8) is 0 Å². The molecular weight excluding hydrogens is 430 g/mol. The average molecular weight is 460 g/mol. The maximum Gasteiger partial charge on any atom is 0.244 e. The van der Waals surface area contributed by atoms with E-state index in [1.54, 1.807) is 6.07 Å². The molecule has 0 saturated carbocycles. The summed E-state index contributed by atoms with van der Waals surface area (Å²) in [6.45, 7) is 3.17. The Morgan fingerprint density at radius 3 is 2.59 bits per heavy atom. The van der Waals surface area contributed by atoms with Crippen molar-refractivity contribution in [3.8, 4) is 11.5 Å². The third-order valence-electron chi connectivity index (χ3n) is 6.17. The molecule has 0 radical (unpaired) electrons. The van der Waals surface area contributed by atoms with Crippen molar-refractivity contribution in [2.45, 2.75) is 42.7 Å². The van der Waals surface area contributed by atoms with E-state index >= 15 is 0 Å². The average Bonchev–Trinajstić information content (AvgIpc) is 2.75. The second kappa shape index (κ2) is 8.73. The highest BCUT2D eigenvalue weighted by molar-refractivity contribution is 7.89. The second-order valence-corrected chi connectivity index (χ2v) is 10.2. The van der Waals surface area contributed by atoms with Crippen LogP contribution in [-0.4, -0.2) is 52.1 Å². The highest BCUT2D eigenvalue weighted by Crippen LogP contribution is 2.44. The van der Waals surface area contributed by atoms with Gasteiger partial charge in [0, 0.05) is 37.7 Å². The van der Waals surface area contributed by atoms with Gasteiger partial charge in [-0.1, -0.05) is 18.2 Å². The van der Waals surface area contributed by atoms with Gasteiger partial charge in [-0.3, -0.25) is 4.79 Å². The Kier molecular flexibility index (Phi) is 6.15. The predicted molar refractivity (Wildman–Crippen MR) is 122 cm³/mol. The number of carbonyl (C=O) groups excluding carboxylic acids is 1. The van der Waals surface area contributed by atoms with E-state index in [0.717, 1.165) is 37.2 Å².